The van der Waals surface area contributed by atoms with E-state index in [4.69, 9.17) is 0 Å². The van der Waals surface area contributed by atoms with Crippen LogP contribution in [0.25, 0.3) is 16.6 Å². The molecule has 1 saturated heterocycles. The topological polar surface area (TPSA) is 17.0 Å². The number of piperidine rings is 1. The highest BCUT2D eigenvalue weighted by molar-refractivity contribution is 5.86. The van der Waals surface area contributed by atoms with Gasteiger partial charge in [0.2, 0.25) is 0 Å². The Bertz CT molecular complexity index is 742. The van der Waals surface area contributed by atoms with E-state index in [0.717, 1.165) is 13.1 Å². The third-order valence-electron chi connectivity index (χ3n) is 4.56. The molecule has 2 heterocycles. The zero-order valence-electron chi connectivity index (χ0n) is 12.5. The van der Waals surface area contributed by atoms with Crippen LogP contribution in [0.2, 0.25) is 0 Å². The van der Waals surface area contributed by atoms with Gasteiger partial charge in [-0.05, 0) is 55.6 Å². The predicted molar refractivity (Wildman–Crippen MR) is 95.4 cm³/mol. The molecule has 114 valence electrons. The van der Waals surface area contributed by atoms with Crippen molar-refractivity contribution in [1.29, 1.82) is 0 Å². The second kappa shape index (κ2) is 6.55. The number of aromatic nitrogens is 1. The van der Waals surface area contributed by atoms with Crippen LogP contribution < -0.4 is 5.32 Å². The van der Waals surface area contributed by atoms with Crippen molar-refractivity contribution < 1.29 is 0 Å². The summed E-state index contributed by atoms with van der Waals surface area (Å²) in [5, 5.41) is 4.87. The van der Waals surface area contributed by atoms with Crippen LogP contribution >= 0.6 is 12.4 Å². The smallest absolute Gasteiger partial charge is 0.0531 e. The minimum Gasteiger partial charge on any atom is -0.317 e. The van der Waals surface area contributed by atoms with Gasteiger partial charge in [-0.2, -0.15) is 0 Å². The highest BCUT2D eigenvalue weighted by Gasteiger charge is 2.20. The van der Waals surface area contributed by atoms with E-state index in [0.29, 0.717) is 5.92 Å². The number of fused-ring (bicyclic) bond motifs is 1. The normalized spacial score (nSPS) is 15.6. The molecule has 3 heteroatoms. The van der Waals surface area contributed by atoms with Crippen LogP contribution in [0.1, 0.15) is 24.3 Å². The first-order valence-electron chi connectivity index (χ1n) is 7.79. The molecule has 1 aliphatic rings. The molecule has 0 aliphatic carbocycles. The lowest BCUT2D eigenvalue weighted by molar-refractivity contribution is 0.462. The standard InChI is InChI=1S/C19H20N2.ClH/c1-2-6-16(7-3-1)21-14-18(15-10-12-20-13-11-15)17-8-4-5-9-19(17)21;/h1-9,14-15,20H,10-13H2;1H. The van der Waals surface area contributed by atoms with E-state index in [9.17, 15) is 0 Å². The first-order valence-corrected chi connectivity index (χ1v) is 7.79. The Hall–Kier alpha value is -1.77. The summed E-state index contributed by atoms with van der Waals surface area (Å²) in [5.74, 6) is 0.682. The number of rotatable bonds is 2. The SMILES string of the molecule is Cl.c1ccc(-n2cc(C3CCNCC3)c3ccccc32)cc1. The Morgan fingerprint density at radius 3 is 2.32 bits per heavy atom. The number of nitrogens with one attached hydrogen (secondary N) is 1. The molecule has 3 aromatic rings. The minimum atomic E-state index is 0. The molecule has 2 nitrogen and oxygen atoms in total. The molecule has 0 bridgehead atoms. The van der Waals surface area contributed by atoms with Crippen molar-refractivity contribution in [2.24, 2.45) is 0 Å². The third kappa shape index (κ3) is 2.65. The zero-order valence-corrected chi connectivity index (χ0v) is 13.4. The Morgan fingerprint density at radius 1 is 0.864 bits per heavy atom. The van der Waals surface area contributed by atoms with Gasteiger partial charge in [0, 0.05) is 17.3 Å². The van der Waals surface area contributed by atoms with Crippen LogP contribution in [-0.2, 0) is 0 Å². The molecule has 0 atom stereocenters. The average molecular weight is 313 g/mol. The van der Waals surface area contributed by atoms with E-state index in [-0.39, 0.29) is 12.4 Å². The van der Waals surface area contributed by atoms with Gasteiger partial charge in [-0.25, -0.2) is 0 Å². The number of hydrogen-bond acceptors (Lipinski definition) is 1. The van der Waals surface area contributed by atoms with Gasteiger partial charge in [-0.1, -0.05) is 36.4 Å². The van der Waals surface area contributed by atoms with E-state index in [1.807, 2.05) is 0 Å². The molecule has 0 saturated carbocycles. The van der Waals surface area contributed by atoms with Gasteiger partial charge in [-0.15, -0.1) is 12.4 Å². The van der Waals surface area contributed by atoms with Gasteiger partial charge >= 0.3 is 0 Å². The summed E-state index contributed by atoms with van der Waals surface area (Å²) in [7, 11) is 0. The Kier molecular flexibility index (Phi) is 4.51. The van der Waals surface area contributed by atoms with Gasteiger partial charge in [0.05, 0.1) is 5.52 Å². The molecule has 22 heavy (non-hydrogen) atoms. The van der Waals surface area contributed by atoms with E-state index in [1.54, 1.807) is 0 Å². The van der Waals surface area contributed by atoms with E-state index < -0.39 is 0 Å². The molecule has 2 aromatic carbocycles. The van der Waals surface area contributed by atoms with E-state index >= 15 is 0 Å². The fraction of sp³-hybridized carbons (Fsp3) is 0.263. The minimum absolute atomic E-state index is 0. The molecule has 4 rings (SSSR count). The van der Waals surface area contributed by atoms with Crippen molar-refractivity contribution in [3.05, 3.63) is 66.4 Å². The van der Waals surface area contributed by atoms with Crippen molar-refractivity contribution in [3.8, 4) is 5.69 Å². The maximum absolute atomic E-state index is 3.46. The summed E-state index contributed by atoms with van der Waals surface area (Å²) >= 11 is 0. The van der Waals surface area contributed by atoms with Crippen molar-refractivity contribution in [2.75, 3.05) is 13.1 Å². The second-order valence-corrected chi connectivity index (χ2v) is 5.83. The Morgan fingerprint density at radius 2 is 1.55 bits per heavy atom. The second-order valence-electron chi connectivity index (χ2n) is 5.83. The largest absolute Gasteiger partial charge is 0.317 e. The van der Waals surface area contributed by atoms with Crippen molar-refractivity contribution in [1.82, 2.24) is 9.88 Å². The molecular weight excluding hydrogens is 292 g/mol. The number of hydrogen-bond donors (Lipinski definition) is 1. The van der Waals surface area contributed by atoms with E-state index in [1.165, 1.54) is 35.0 Å². The number of para-hydroxylation sites is 2. The van der Waals surface area contributed by atoms with Crippen molar-refractivity contribution in [3.63, 3.8) is 0 Å². The van der Waals surface area contributed by atoms with Gasteiger partial charge in [0.1, 0.15) is 0 Å². The van der Waals surface area contributed by atoms with Crippen LogP contribution in [0.3, 0.4) is 0 Å². The molecule has 0 unspecified atom stereocenters. The summed E-state index contributed by atoms with van der Waals surface area (Å²) in [6.07, 6.45) is 4.83. The summed E-state index contributed by atoms with van der Waals surface area (Å²) in [6, 6.07) is 19.4. The molecule has 1 aromatic heterocycles. The van der Waals surface area contributed by atoms with E-state index in [2.05, 4.69) is 70.7 Å². The average Bonchev–Trinajstić information content (AvgIpc) is 2.96. The molecule has 0 amide bonds. The lowest BCUT2D eigenvalue weighted by atomic mass is 9.90. The van der Waals surface area contributed by atoms with Crippen LogP contribution in [0.5, 0.6) is 0 Å². The van der Waals surface area contributed by atoms with Gasteiger partial charge in [0.25, 0.3) is 0 Å². The van der Waals surface area contributed by atoms with Crippen LogP contribution in [0.15, 0.2) is 60.8 Å². The van der Waals surface area contributed by atoms with Gasteiger partial charge in [0.15, 0.2) is 0 Å². The fourth-order valence-corrected chi connectivity index (χ4v) is 3.47. The zero-order chi connectivity index (χ0) is 14.1. The highest BCUT2D eigenvalue weighted by atomic mass is 35.5. The number of benzene rings is 2. The fourth-order valence-electron chi connectivity index (χ4n) is 3.47. The van der Waals surface area contributed by atoms with Crippen LogP contribution in [0, 0.1) is 0 Å². The van der Waals surface area contributed by atoms with Crippen molar-refractivity contribution in [2.45, 2.75) is 18.8 Å². The Balaban J connectivity index is 0.00000144. The molecule has 1 aliphatic heterocycles. The lowest BCUT2D eigenvalue weighted by Crippen LogP contribution is -2.26. The number of nitrogens with zero attached hydrogens (tertiary/aromatic N) is 1. The van der Waals surface area contributed by atoms with Crippen LogP contribution in [-0.4, -0.2) is 17.7 Å². The highest BCUT2D eigenvalue weighted by Crippen LogP contribution is 2.34. The monoisotopic (exact) mass is 312 g/mol. The molecule has 0 radical (unpaired) electrons. The van der Waals surface area contributed by atoms with Crippen LogP contribution in [0.4, 0.5) is 0 Å². The molecule has 1 N–H and O–H groups in total. The summed E-state index contributed by atoms with van der Waals surface area (Å²) < 4.78 is 2.34. The summed E-state index contributed by atoms with van der Waals surface area (Å²) in [5.41, 5.74) is 4.07. The summed E-state index contributed by atoms with van der Waals surface area (Å²) in [6.45, 7) is 2.27. The third-order valence-corrected chi connectivity index (χ3v) is 4.56. The van der Waals surface area contributed by atoms with Crippen molar-refractivity contribution >= 4 is 23.3 Å². The summed E-state index contributed by atoms with van der Waals surface area (Å²) in [4.78, 5) is 0. The Labute approximate surface area is 137 Å². The first kappa shape index (κ1) is 15.1. The predicted octanol–water partition coefficient (Wildman–Crippen LogP) is 4.52. The lowest BCUT2D eigenvalue weighted by Gasteiger charge is -2.22. The van der Waals surface area contributed by atoms with Gasteiger partial charge < -0.3 is 9.88 Å². The maximum Gasteiger partial charge on any atom is 0.0531 e. The molecular formula is C19H21ClN2. The first-order chi connectivity index (χ1) is 10.4. The number of halogens is 1. The van der Waals surface area contributed by atoms with Gasteiger partial charge in [-0.3, -0.25) is 0 Å². The quantitative estimate of drug-likeness (QED) is 0.736. The molecule has 1 fully saturated rings. The maximum atomic E-state index is 3.46. The molecule has 0 spiro atoms.